The summed E-state index contributed by atoms with van der Waals surface area (Å²) in [6, 6.07) is 16.3. The Morgan fingerprint density at radius 2 is 1.83 bits per heavy atom. The van der Waals surface area contributed by atoms with E-state index in [1.807, 2.05) is 31.1 Å². The monoisotopic (exact) mass is 411 g/mol. The van der Waals surface area contributed by atoms with E-state index in [9.17, 15) is 4.39 Å². The number of hydrogen-bond acceptors (Lipinski definition) is 3. The van der Waals surface area contributed by atoms with Gasteiger partial charge in [0.15, 0.2) is 5.96 Å². The van der Waals surface area contributed by atoms with E-state index in [2.05, 4.69) is 50.9 Å². The molecule has 6 heteroatoms. The molecule has 1 atom stereocenters. The van der Waals surface area contributed by atoms with Crippen LogP contribution in [0.25, 0.3) is 0 Å². The maximum absolute atomic E-state index is 14.0. The quantitative estimate of drug-likeness (QED) is 0.516. The van der Waals surface area contributed by atoms with Gasteiger partial charge < -0.3 is 15.5 Å². The first kappa shape index (κ1) is 22.2. The second-order valence-electron chi connectivity index (χ2n) is 8.14. The molecule has 162 valence electrons. The molecule has 2 aromatic carbocycles. The Morgan fingerprint density at radius 3 is 2.50 bits per heavy atom. The standard InChI is InChI=1S/C24H34FN5/c1-26-24(27-16-19-11-12-22(25)21(15-19)18-29(2)3)28-17-23(30-13-7-8-14-30)20-9-5-4-6-10-20/h4-6,9-12,15,23H,7-8,13-14,16-18H2,1-3H3,(H2,26,27,28). The zero-order chi connectivity index (χ0) is 21.3. The number of nitrogens with one attached hydrogen (secondary N) is 2. The third-order valence-electron chi connectivity index (χ3n) is 5.51. The Bertz CT molecular complexity index is 816. The van der Waals surface area contributed by atoms with Crippen molar-refractivity contribution in [1.82, 2.24) is 20.4 Å². The summed E-state index contributed by atoms with van der Waals surface area (Å²) in [5, 5.41) is 6.86. The van der Waals surface area contributed by atoms with Crippen molar-refractivity contribution in [2.75, 3.05) is 40.8 Å². The Kier molecular flexibility index (Phi) is 8.22. The summed E-state index contributed by atoms with van der Waals surface area (Å²) in [6.07, 6.45) is 2.52. The molecule has 0 spiro atoms. The van der Waals surface area contributed by atoms with Crippen molar-refractivity contribution < 1.29 is 4.39 Å². The lowest BCUT2D eigenvalue weighted by atomic mass is 10.1. The second kappa shape index (κ2) is 11.1. The lowest BCUT2D eigenvalue weighted by molar-refractivity contribution is 0.245. The number of nitrogens with zero attached hydrogens (tertiary/aromatic N) is 3. The zero-order valence-electron chi connectivity index (χ0n) is 18.4. The molecule has 3 rings (SSSR count). The minimum atomic E-state index is -0.161. The highest BCUT2D eigenvalue weighted by Crippen LogP contribution is 2.24. The number of rotatable bonds is 8. The van der Waals surface area contributed by atoms with E-state index >= 15 is 0 Å². The fraction of sp³-hybridized carbons (Fsp3) is 0.458. The molecular weight excluding hydrogens is 377 g/mol. The molecule has 1 aliphatic rings. The zero-order valence-corrected chi connectivity index (χ0v) is 18.4. The summed E-state index contributed by atoms with van der Waals surface area (Å²) < 4.78 is 14.0. The van der Waals surface area contributed by atoms with Gasteiger partial charge in [0, 0.05) is 32.2 Å². The molecule has 1 saturated heterocycles. The molecule has 0 radical (unpaired) electrons. The molecule has 0 aromatic heterocycles. The Morgan fingerprint density at radius 1 is 1.10 bits per heavy atom. The first-order chi connectivity index (χ1) is 14.6. The van der Waals surface area contributed by atoms with Gasteiger partial charge in [-0.05, 0) is 63.3 Å². The van der Waals surface area contributed by atoms with Crippen molar-refractivity contribution in [2.24, 2.45) is 4.99 Å². The smallest absolute Gasteiger partial charge is 0.191 e. The molecule has 0 bridgehead atoms. The molecule has 30 heavy (non-hydrogen) atoms. The number of guanidine groups is 1. The average Bonchev–Trinajstić information content (AvgIpc) is 3.27. The maximum Gasteiger partial charge on any atom is 0.191 e. The third-order valence-corrected chi connectivity index (χ3v) is 5.51. The Balaban J connectivity index is 1.60. The summed E-state index contributed by atoms with van der Waals surface area (Å²) in [5.74, 6) is 0.597. The largest absolute Gasteiger partial charge is 0.354 e. The van der Waals surface area contributed by atoms with E-state index in [-0.39, 0.29) is 5.82 Å². The molecule has 1 heterocycles. The van der Waals surface area contributed by atoms with E-state index in [0.717, 1.165) is 31.2 Å². The number of halogens is 1. The highest BCUT2D eigenvalue weighted by Gasteiger charge is 2.23. The number of likely N-dealkylation sites (tertiary alicyclic amines) is 1. The van der Waals surface area contributed by atoms with Gasteiger partial charge >= 0.3 is 0 Å². The molecule has 5 nitrogen and oxygen atoms in total. The van der Waals surface area contributed by atoms with E-state index < -0.39 is 0 Å². The second-order valence-corrected chi connectivity index (χ2v) is 8.14. The SMILES string of the molecule is CN=C(NCc1ccc(F)c(CN(C)C)c1)NCC(c1ccccc1)N1CCCC1. The van der Waals surface area contributed by atoms with Crippen LogP contribution in [0.15, 0.2) is 53.5 Å². The van der Waals surface area contributed by atoms with Crippen LogP contribution in [0.4, 0.5) is 4.39 Å². The van der Waals surface area contributed by atoms with Crippen LogP contribution in [0.1, 0.15) is 35.6 Å². The van der Waals surface area contributed by atoms with Crippen LogP contribution in [0, 0.1) is 5.82 Å². The topological polar surface area (TPSA) is 42.9 Å². The molecule has 2 N–H and O–H groups in total. The molecule has 0 amide bonds. The average molecular weight is 412 g/mol. The van der Waals surface area contributed by atoms with Crippen LogP contribution in [0.5, 0.6) is 0 Å². The minimum Gasteiger partial charge on any atom is -0.354 e. The Hall–Kier alpha value is -2.44. The fourth-order valence-corrected chi connectivity index (χ4v) is 3.99. The highest BCUT2D eigenvalue weighted by atomic mass is 19.1. The van der Waals surface area contributed by atoms with Crippen LogP contribution >= 0.6 is 0 Å². The molecule has 0 saturated carbocycles. The predicted molar refractivity (Wildman–Crippen MR) is 122 cm³/mol. The third kappa shape index (κ3) is 6.28. The molecular formula is C24H34FN5. The van der Waals surface area contributed by atoms with Crippen LogP contribution in [-0.4, -0.2) is 56.5 Å². The van der Waals surface area contributed by atoms with Gasteiger partial charge in [-0.15, -0.1) is 0 Å². The predicted octanol–water partition coefficient (Wildman–Crippen LogP) is 3.39. The van der Waals surface area contributed by atoms with E-state index in [1.165, 1.54) is 18.4 Å². The van der Waals surface area contributed by atoms with Crippen LogP contribution in [-0.2, 0) is 13.1 Å². The van der Waals surface area contributed by atoms with Crippen LogP contribution in [0.3, 0.4) is 0 Å². The van der Waals surface area contributed by atoms with E-state index in [0.29, 0.717) is 24.7 Å². The van der Waals surface area contributed by atoms with E-state index in [4.69, 9.17) is 0 Å². The van der Waals surface area contributed by atoms with Gasteiger partial charge in [-0.3, -0.25) is 9.89 Å². The van der Waals surface area contributed by atoms with Crippen molar-refractivity contribution in [3.63, 3.8) is 0 Å². The summed E-state index contributed by atoms with van der Waals surface area (Å²) >= 11 is 0. The lowest BCUT2D eigenvalue weighted by Crippen LogP contribution is -2.42. The van der Waals surface area contributed by atoms with Gasteiger partial charge in [-0.2, -0.15) is 0 Å². The number of hydrogen-bond donors (Lipinski definition) is 2. The van der Waals surface area contributed by atoms with Gasteiger partial charge in [-0.25, -0.2) is 4.39 Å². The summed E-state index contributed by atoms with van der Waals surface area (Å²) in [6.45, 7) is 4.25. The van der Waals surface area contributed by atoms with Crippen molar-refractivity contribution >= 4 is 5.96 Å². The van der Waals surface area contributed by atoms with Gasteiger partial charge in [-0.1, -0.05) is 36.4 Å². The lowest BCUT2D eigenvalue weighted by Gasteiger charge is -2.29. The van der Waals surface area contributed by atoms with Gasteiger partial charge in [0.05, 0.1) is 6.04 Å². The van der Waals surface area contributed by atoms with Gasteiger partial charge in [0.2, 0.25) is 0 Å². The fourth-order valence-electron chi connectivity index (χ4n) is 3.99. The first-order valence-electron chi connectivity index (χ1n) is 10.7. The summed E-state index contributed by atoms with van der Waals surface area (Å²) in [4.78, 5) is 8.89. The van der Waals surface area contributed by atoms with Crippen molar-refractivity contribution in [3.05, 3.63) is 71.0 Å². The summed E-state index contributed by atoms with van der Waals surface area (Å²) in [7, 11) is 5.67. The molecule has 2 aromatic rings. The van der Waals surface area contributed by atoms with Crippen molar-refractivity contribution in [1.29, 1.82) is 0 Å². The highest BCUT2D eigenvalue weighted by molar-refractivity contribution is 5.79. The number of aliphatic imine (C=N–C) groups is 1. The summed E-state index contributed by atoms with van der Waals surface area (Å²) in [5.41, 5.74) is 3.07. The Labute approximate surface area is 180 Å². The van der Waals surface area contributed by atoms with Gasteiger partial charge in [0.1, 0.15) is 5.82 Å². The first-order valence-corrected chi connectivity index (χ1v) is 10.7. The van der Waals surface area contributed by atoms with Crippen molar-refractivity contribution in [3.8, 4) is 0 Å². The molecule has 1 fully saturated rings. The number of benzene rings is 2. The molecule has 1 aliphatic heterocycles. The van der Waals surface area contributed by atoms with Crippen LogP contribution < -0.4 is 10.6 Å². The molecule has 1 unspecified atom stereocenters. The van der Waals surface area contributed by atoms with Crippen molar-refractivity contribution in [2.45, 2.75) is 32.0 Å². The van der Waals surface area contributed by atoms with Crippen LogP contribution in [0.2, 0.25) is 0 Å². The van der Waals surface area contributed by atoms with Gasteiger partial charge in [0.25, 0.3) is 0 Å². The normalized spacial score (nSPS) is 16.1. The maximum atomic E-state index is 14.0. The van der Waals surface area contributed by atoms with E-state index in [1.54, 1.807) is 13.1 Å². The molecule has 0 aliphatic carbocycles. The minimum absolute atomic E-state index is 0.161.